The highest BCUT2D eigenvalue weighted by Gasteiger charge is 2.09. The molecule has 0 aliphatic rings. The van der Waals surface area contributed by atoms with Gasteiger partial charge in [0.05, 0.1) is 5.52 Å². The van der Waals surface area contributed by atoms with Crippen molar-refractivity contribution in [1.29, 1.82) is 0 Å². The Balaban J connectivity index is 2.52. The molecule has 2 rings (SSSR count). The highest BCUT2D eigenvalue weighted by Crippen LogP contribution is 2.25. The van der Waals surface area contributed by atoms with Crippen LogP contribution in [-0.4, -0.2) is 15.6 Å². The summed E-state index contributed by atoms with van der Waals surface area (Å²) in [6.07, 6.45) is 4.55. The van der Waals surface area contributed by atoms with Crippen LogP contribution < -0.4 is 0 Å². The summed E-state index contributed by atoms with van der Waals surface area (Å²) in [4.78, 5) is 10.6. The van der Waals surface area contributed by atoms with Crippen molar-refractivity contribution >= 4 is 22.9 Å². The fourth-order valence-electron chi connectivity index (χ4n) is 2.19. The second-order valence-electron chi connectivity index (χ2n) is 4.11. The molecule has 0 aliphatic heterocycles. The highest BCUT2D eigenvalue weighted by molar-refractivity contribution is 5.91. The van der Waals surface area contributed by atoms with E-state index in [-0.39, 0.29) is 6.42 Å². The van der Waals surface area contributed by atoms with Crippen LogP contribution in [0.5, 0.6) is 0 Å². The van der Waals surface area contributed by atoms with Crippen LogP contribution in [0.1, 0.15) is 17.5 Å². The van der Waals surface area contributed by atoms with Gasteiger partial charge in [0.2, 0.25) is 0 Å². The van der Waals surface area contributed by atoms with Crippen molar-refractivity contribution in [3.8, 4) is 0 Å². The van der Waals surface area contributed by atoms with Crippen molar-refractivity contribution in [2.24, 2.45) is 7.05 Å². The molecule has 1 aromatic carbocycles. The summed E-state index contributed by atoms with van der Waals surface area (Å²) < 4.78 is 2.03. The number of aromatic nitrogens is 1. The quantitative estimate of drug-likeness (QED) is 0.876. The van der Waals surface area contributed by atoms with Crippen LogP contribution in [0.2, 0.25) is 0 Å². The minimum absolute atomic E-state index is 0.164. The number of aryl methyl sites for hydroxylation is 2. The van der Waals surface area contributed by atoms with Crippen molar-refractivity contribution in [3.05, 3.63) is 42.1 Å². The number of hydrogen-bond acceptors (Lipinski definition) is 1. The Morgan fingerprint density at radius 1 is 1.53 bits per heavy atom. The molecular formula is C14H15NO2. The third kappa shape index (κ3) is 2.09. The molecule has 0 fully saturated rings. The van der Waals surface area contributed by atoms with Crippen molar-refractivity contribution in [3.63, 3.8) is 0 Å². The van der Waals surface area contributed by atoms with Crippen molar-refractivity contribution < 1.29 is 9.90 Å². The minimum atomic E-state index is -0.762. The molecule has 3 heteroatoms. The number of benzene rings is 1. The molecule has 0 saturated carbocycles. The lowest BCUT2D eigenvalue weighted by molar-refractivity contribution is -0.136. The molecule has 88 valence electrons. The predicted octanol–water partition coefficient (Wildman–Crippen LogP) is 2.84. The van der Waals surface area contributed by atoms with Gasteiger partial charge in [-0.25, -0.2) is 0 Å². The molecule has 0 spiro atoms. The van der Waals surface area contributed by atoms with E-state index in [2.05, 4.69) is 6.58 Å². The zero-order chi connectivity index (χ0) is 12.4. The number of para-hydroxylation sites is 1. The lowest BCUT2D eigenvalue weighted by Gasteiger charge is -2.01. The Labute approximate surface area is 100.0 Å². The molecule has 0 saturated heterocycles. The van der Waals surface area contributed by atoms with Crippen LogP contribution >= 0.6 is 0 Å². The van der Waals surface area contributed by atoms with Gasteiger partial charge in [-0.05, 0) is 17.5 Å². The Hall–Kier alpha value is -2.03. The standard InChI is InChI=1S/C14H15NO2/c1-3-10-5-4-6-12-11(7-8-13(16)17)9-15(2)14(10)12/h3-6,9H,1,7-8H2,2H3,(H,16,17). The first-order valence-corrected chi connectivity index (χ1v) is 5.54. The average molecular weight is 229 g/mol. The van der Waals surface area contributed by atoms with Gasteiger partial charge < -0.3 is 9.67 Å². The molecule has 0 unspecified atom stereocenters. The van der Waals surface area contributed by atoms with Gasteiger partial charge in [0, 0.05) is 25.1 Å². The highest BCUT2D eigenvalue weighted by atomic mass is 16.4. The first-order chi connectivity index (χ1) is 8.13. The summed E-state index contributed by atoms with van der Waals surface area (Å²) >= 11 is 0. The molecule has 1 N–H and O–H groups in total. The van der Waals surface area contributed by atoms with Crippen LogP contribution in [0.15, 0.2) is 31.0 Å². The largest absolute Gasteiger partial charge is 0.481 e. The molecule has 1 heterocycles. The van der Waals surface area contributed by atoms with Crippen LogP contribution in [-0.2, 0) is 18.3 Å². The molecule has 1 aromatic heterocycles. The third-order valence-corrected chi connectivity index (χ3v) is 2.94. The SMILES string of the molecule is C=Cc1cccc2c(CCC(=O)O)cn(C)c12. The average Bonchev–Trinajstić information content (AvgIpc) is 2.64. The van der Waals surface area contributed by atoms with E-state index in [0.717, 1.165) is 22.0 Å². The summed E-state index contributed by atoms with van der Waals surface area (Å²) in [5.74, 6) is -0.762. The van der Waals surface area contributed by atoms with Crippen molar-refractivity contribution in [2.75, 3.05) is 0 Å². The second kappa shape index (κ2) is 4.45. The first kappa shape index (κ1) is 11.5. The fourth-order valence-corrected chi connectivity index (χ4v) is 2.19. The van der Waals surface area contributed by atoms with E-state index in [0.29, 0.717) is 6.42 Å². The van der Waals surface area contributed by atoms with E-state index in [4.69, 9.17) is 5.11 Å². The van der Waals surface area contributed by atoms with E-state index in [1.807, 2.05) is 42.1 Å². The van der Waals surface area contributed by atoms with E-state index in [1.54, 1.807) is 0 Å². The monoisotopic (exact) mass is 229 g/mol. The zero-order valence-electron chi connectivity index (χ0n) is 9.81. The van der Waals surface area contributed by atoms with E-state index >= 15 is 0 Å². The molecule has 3 nitrogen and oxygen atoms in total. The Bertz CT molecular complexity index is 581. The normalized spacial score (nSPS) is 10.6. The second-order valence-corrected chi connectivity index (χ2v) is 4.11. The molecule has 0 amide bonds. The van der Waals surface area contributed by atoms with Crippen LogP contribution in [0, 0.1) is 0 Å². The maximum Gasteiger partial charge on any atom is 0.303 e. The van der Waals surface area contributed by atoms with Crippen molar-refractivity contribution in [2.45, 2.75) is 12.8 Å². The predicted molar refractivity (Wildman–Crippen MR) is 69.0 cm³/mol. The maximum absolute atomic E-state index is 10.6. The number of carboxylic acids is 1. The van der Waals surface area contributed by atoms with Gasteiger partial charge in [-0.15, -0.1) is 0 Å². The maximum atomic E-state index is 10.6. The summed E-state index contributed by atoms with van der Waals surface area (Å²) in [5.41, 5.74) is 3.27. The number of hydrogen-bond donors (Lipinski definition) is 1. The van der Waals surface area contributed by atoms with E-state index in [9.17, 15) is 4.79 Å². The third-order valence-electron chi connectivity index (χ3n) is 2.94. The smallest absolute Gasteiger partial charge is 0.303 e. The summed E-state index contributed by atoms with van der Waals surface area (Å²) in [6.45, 7) is 3.80. The molecule has 17 heavy (non-hydrogen) atoms. The molecular weight excluding hydrogens is 214 g/mol. The van der Waals surface area contributed by atoms with Gasteiger partial charge in [-0.3, -0.25) is 4.79 Å². The lowest BCUT2D eigenvalue weighted by Crippen LogP contribution is -1.96. The molecule has 0 bridgehead atoms. The van der Waals surface area contributed by atoms with Crippen LogP contribution in [0.25, 0.3) is 17.0 Å². The Morgan fingerprint density at radius 3 is 2.94 bits per heavy atom. The van der Waals surface area contributed by atoms with Gasteiger partial charge in [0.1, 0.15) is 0 Å². The number of carboxylic acid groups (broad SMARTS) is 1. The summed E-state index contributed by atoms with van der Waals surface area (Å²) in [6, 6.07) is 6.01. The fraction of sp³-hybridized carbons (Fsp3) is 0.214. The molecule has 0 atom stereocenters. The van der Waals surface area contributed by atoms with Gasteiger partial charge in [-0.1, -0.05) is 30.9 Å². The zero-order valence-corrected chi connectivity index (χ0v) is 9.81. The van der Waals surface area contributed by atoms with Crippen LogP contribution in [0.4, 0.5) is 0 Å². The van der Waals surface area contributed by atoms with Gasteiger partial charge in [0.15, 0.2) is 0 Å². The minimum Gasteiger partial charge on any atom is -0.481 e. The number of nitrogens with zero attached hydrogens (tertiary/aromatic N) is 1. The van der Waals surface area contributed by atoms with E-state index in [1.165, 1.54) is 0 Å². The van der Waals surface area contributed by atoms with Gasteiger partial charge in [0.25, 0.3) is 0 Å². The molecule has 0 radical (unpaired) electrons. The number of rotatable bonds is 4. The Morgan fingerprint density at radius 2 is 2.29 bits per heavy atom. The number of aliphatic carboxylic acids is 1. The number of carbonyl (C=O) groups is 1. The molecule has 2 aromatic rings. The molecule has 0 aliphatic carbocycles. The van der Waals surface area contributed by atoms with Crippen LogP contribution in [0.3, 0.4) is 0 Å². The van der Waals surface area contributed by atoms with Gasteiger partial charge >= 0.3 is 5.97 Å². The van der Waals surface area contributed by atoms with Crippen molar-refractivity contribution in [1.82, 2.24) is 4.57 Å². The number of fused-ring (bicyclic) bond motifs is 1. The van der Waals surface area contributed by atoms with E-state index < -0.39 is 5.97 Å². The summed E-state index contributed by atoms with van der Waals surface area (Å²) in [5, 5.41) is 9.85. The first-order valence-electron chi connectivity index (χ1n) is 5.54. The Kier molecular flexibility index (Phi) is 3.00. The lowest BCUT2D eigenvalue weighted by atomic mass is 10.1. The summed E-state index contributed by atoms with van der Waals surface area (Å²) in [7, 11) is 1.97. The van der Waals surface area contributed by atoms with Gasteiger partial charge in [-0.2, -0.15) is 0 Å². The topological polar surface area (TPSA) is 42.2 Å².